The van der Waals surface area contributed by atoms with Crippen molar-refractivity contribution in [2.24, 2.45) is 0 Å². The van der Waals surface area contributed by atoms with E-state index in [0.717, 1.165) is 24.3 Å². The molecule has 1 N–H and O–H groups in total. The standard InChI is InChI=1S/C13H19N5O/c1-4-17-7-6-12(16-17)13(19)14-8-11-9-18(5-2)15-10(11)3/h6-7,9H,4-5,8H2,1-3H3,(H,14,19). The molecule has 0 aromatic carbocycles. The second kappa shape index (κ2) is 5.69. The largest absolute Gasteiger partial charge is 0.346 e. The third kappa shape index (κ3) is 3.01. The van der Waals surface area contributed by atoms with Crippen molar-refractivity contribution >= 4 is 5.91 Å². The molecule has 0 radical (unpaired) electrons. The molecule has 0 unspecified atom stereocenters. The van der Waals surface area contributed by atoms with E-state index in [2.05, 4.69) is 15.5 Å². The highest BCUT2D eigenvalue weighted by atomic mass is 16.1. The van der Waals surface area contributed by atoms with Gasteiger partial charge in [0.1, 0.15) is 5.69 Å². The molecule has 2 rings (SSSR count). The zero-order valence-electron chi connectivity index (χ0n) is 11.6. The normalized spacial score (nSPS) is 10.7. The van der Waals surface area contributed by atoms with Crippen LogP contribution in [0.15, 0.2) is 18.5 Å². The van der Waals surface area contributed by atoms with E-state index in [-0.39, 0.29) is 5.91 Å². The fraction of sp³-hybridized carbons (Fsp3) is 0.462. The molecule has 0 fully saturated rings. The molecule has 6 heteroatoms. The van der Waals surface area contributed by atoms with Gasteiger partial charge in [-0.25, -0.2) is 0 Å². The highest BCUT2D eigenvalue weighted by Gasteiger charge is 2.10. The molecule has 1 amide bonds. The molecule has 0 aliphatic rings. The first-order valence-corrected chi connectivity index (χ1v) is 6.48. The molecular weight excluding hydrogens is 242 g/mol. The Morgan fingerprint density at radius 1 is 1.26 bits per heavy atom. The molecule has 0 bridgehead atoms. The van der Waals surface area contributed by atoms with E-state index in [1.807, 2.05) is 31.6 Å². The molecular formula is C13H19N5O. The van der Waals surface area contributed by atoms with E-state index in [1.54, 1.807) is 16.9 Å². The van der Waals surface area contributed by atoms with Crippen LogP contribution in [0, 0.1) is 6.92 Å². The van der Waals surface area contributed by atoms with Crippen molar-refractivity contribution in [1.82, 2.24) is 24.9 Å². The SMILES string of the molecule is CCn1ccc(C(=O)NCc2cn(CC)nc2C)n1. The Balaban J connectivity index is 1.97. The van der Waals surface area contributed by atoms with Gasteiger partial charge in [-0.1, -0.05) is 0 Å². The smallest absolute Gasteiger partial charge is 0.272 e. The van der Waals surface area contributed by atoms with Crippen molar-refractivity contribution in [2.75, 3.05) is 0 Å². The highest BCUT2D eigenvalue weighted by molar-refractivity contribution is 5.92. The summed E-state index contributed by atoms with van der Waals surface area (Å²) in [5, 5.41) is 11.4. The summed E-state index contributed by atoms with van der Waals surface area (Å²) in [6, 6.07) is 1.72. The van der Waals surface area contributed by atoms with E-state index >= 15 is 0 Å². The molecule has 0 saturated carbocycles. The Bertz CT molecular complexity index is 569. The van der Waals surface area contributed by atoms with E-state index < -0.39 is 0 Å². The lowest BCUT2D eigenvalue weighted by molar-refractivity contribution is 0.0945. The van der Waals surface area contributed by atoms with Gasteiger partial charge < -0.3 is 5.32 Å². The summed E-state index contributed by atoms with van der Waals surface area (Å²) in [5.74, 6) is -0.157. The zero-order chi connectivity index (χ0) is 13.8. The average Bonchev–Trinajstić information content (AvgIpc) is 3.02. The average molecular weight is 261 g/mol. The minimum Gasteiger partial charge on any atom is -0.346 e. The summed E-state index contributed by atoms with van der Waals surface area (Å²) in [6.07, 6.45) is 3.76. The number of carbonyl (C=O) groups is 1. The maximum atomic E-state index is 11.9. The number of carbonyl (C=O) groups excluding carboxylic acids is 1. The van der Waals surface area contributed by atoms with Crippen LogP contribution >= 0.6 is 0 Å². The summed E-state index contributed by atoms with van der Waals surface area (Å²) in [7, 11) is 0. The third-order valence-corrected chi connectivity index (χ3v) is 3.01. The number of nitrogens with zero attached hydrogens (tertiary/aromatic N) is 4. The van der Waals surface area contributed by atoms with Gasteiger partial charge in [0.15, 0.2) is 0 Å². The number of aryl methyl sites for hydroxylation is 3. The van der Waals surface area contributed by atoms with Gasteiger partial charge in [0.2, 0.25) is 0 Å². The van der Waals surface area contributed by atoms with Crippen LogP contribution in [0.3, 0.4) is 0 Å². The number of hydrogen-bond donors (Lipinski definition) is 1. The Morgan fingerprint density at radius 2 is 2.00 bits per heavy atom. The first-order valence-electron chi connectivity index (χ1n) is 6.48. The van der Waals surface area contributed by atoms with Crippen LogP contribution in [0.25, 0.3) is 0 Å². The summed E-state index contributed by atoms with van der Waals surface area (Å²) in [4.78, 5) is 11.9. The topological polar surface area (TPSA) is 64.7 Å². The van der Waals surface area contributed by atoms with Crippen molar-refractivity contribution in [3.8, 4) is 0 Å². The Morgan fingerprint density at radius 3 is 2.58 bits per heavy atom. The monoisotopic (exact) mass is 261 g/mol. The number of nitrogens with one attached hydrogen (secondary N) is 1. The predicted molar refractivity (Wildman–Crippen MR) is 71.7 cm³/mol. The lowest BCUT2D eigenvalue weighted by Crippen LogP contribution is -2.23. The lowest BCUT2D eigenvalue weighted by Gasteiger charge is -2.01. The van der Waals surface area contributed by atoms with Crippen LogP contribution in [-0.4, -0.2) is 25.5 Å². The van der Waals surface area contributed by atoms with Crippen LogP contribution in [0.2, 0.25) is 0 Å². The van der Waals surface area contributed by atoms with Gasteiger partial charge >= 0.3 is 0 Å². The second-order valence-electron chi connectivity index (χ2n) is 4.33. The number of amides is 1. The first-order chi connectivity index (χ1) is 9.13. The van der Waals surface area contributed by atoms with Crippen LogP contribution in [0.1, 0.15) is 35.6 Å². The maximum Gasteiger partial charge on any atom is 0.272 e. The second-order valence-corrected chi connectivity index (χ2v) is 4.33. The predicted octanol–water partition coefficient (Wildman–Crippen LogP) is 1.36. The van der Waals surface area contributed by atoms with E-state index in [4.69, 9.17) is 0 Å². The molecule has 0 aliphatic carbocycles. The third-order valence-electron chi connectivity index (χ3n) is 3.01. The summed E-state index contributed by atoms with van der Waals surface area (Å²) in [5.41, 5.74) is 2.42. The molecule has 2 aromatic heterocycles. The number of aromatic nitrogens is 4. The minimum atomic E-state index is -0.157. The quantitative estimate of drug-likeness (QED) is 0.883. The van der Waals surface area contributed by atoms with E-state index in [9.17, 15) is 4.79 Å². The van der Waals surface area contributed by atoms with Crippen molar-refractivity contribution in [3.05, 3.63) is 35.4 Å². The summed E-state index contributed by atoms with van der Waals surface area (Å²) in [6.45, 7) is 8.03. The van der Waals surface area contributed by atoms with Crippen LogP contribution in [-0.2, 0) is 19.6 Å². The minimum absolute atomic E-state index is 0.157. The van der Waals surface area contributed by atoms with Gasteiger partial charge in [-0.05, 0) is 26.8 Å². The fourth-order valence-electron chi connectivity index (χ4n) is 1.82. The van der Waals surface area contributed by atoms with E-state index in [1.165, 1.54) is 0 Å². The maximum absolute atomic E-state index is 11.9. The van der Waals surface area contributed by atoms with Crippen molar-refractivity contribution < 1.29 is 4.79 Å². The van der Waals surface area contributed by atoms with E-state index in [0.29, 0.717) is 12.2 Å². The van der Waals surface area contributed by atoms with Gasteiger partial charge in [0.25, 0.3) is 5.91 Å². The van der Waals surface area contributed by atoms with Gasteiger partial charge in [-0.2, -0.15) is 10.2 Å². The Labute approximate surface area is 112 Å². The highest BCUT2D eigenvalue weighted by Crippen LogP contribution is 2.05. The summed E-state index contributed by atoms with van der Waals surface area (Å²) < 4.78 is 3.60. The lowest BCUT2D eigenvalue weighted by atomic mass is 10.2. The molecule has 0 aliphatic heterocycles. The first kappa shape index (κ1) is 13.3. The summed E-state index contributed by atoms with van der Waals surface area (Å²) >= 11 is 0. The Kier molecular flexibility index (Phi) is 3.99. The van der Waals surface area contributed by atoms with Gasteiger partial charge in [0, 0.05) is 37.6 Å². The zero-order valence-corrected chi connectivity index (χ0v) is 11.6. The van der Waals surface area contributed by atoms with Crippen molar-refractivity contribution in [1.29, 1.82) is 0 Å². The molecule has 0 saturated heterocycles. The Hall–Kier alpha value is -2.11. The van der Waals surface area contributed by atoms with Gasteiger partial charge in [-0.15, -0.1) is 0 Å². The molecule has 102 valence electrons. The van der Waals surface area contributed by atoms with Crippen LogP contribution in [0.4, 0.5) is 0 Å². The van der Waals surface area contributed by atoms with Gasteiger partial charge in [-0.3, -0.25) is 14.2 Å². The van der Waals surface area contributed by atoms with Crippen LogP contribution < -0.4 is 5.32 Å². The number of rotatable bonds is 5. The number of hydrogen-bond acceptors (Lipinski definition) is 3. The van der Waals surface area contributed by atoms with Crippen molar-refractivity contribution in [2.45, 2.75) is 40.4 Å². The molecule has 19 heavy (non-hydrogen) atoms. The van der Waals surface area contributed by atoms with Gasteiger partial charge in [0.05, 0.1) is 5.69 Å². The molecule has 6 nitrogen and oxygen atoms in total. The molecule has 2 aromatic rings. The molecule has 2 heterocycles. The van der Waals surface area contributed by atoms with Crippen LogP contribution in [0.5, 0.6) is 0 Å². The fourth-order valence-corrected chi connectivity index (χ4v) is 1.82. The van der Waals surface area contributed by atoms with Crippen molar-refractivity contribution in [3.63, 3.8) is 0 Å². The molecule has 0 atom stereocenters. The molecule has 0 spiro atoms.